The normalized spacial score (nSPS) is 15.8. The molecule has 0 bridgehead atoms. The van der Waals surface area contributed by atoms with Crippen molar-refractivity contribution in [3.8, 4) is 0 Å². The van der Waals surface area contributed by atoms with Crippen molar-refractivity contribution in [2.75, 3.05) is 30.0 Å². The lowest BCUT2D eigenvalue weighted by Gasteiger charge is -2.29. The molecule has 0 saturated carbocycles. The van der Waals surface area contributed by atoms with E-state index >= 15 is 0 Å². The van der Waals surface area contributed by atoms with E-state index in [9.17, 15) is 18.0 Å². The average Bonchev–Trinajstić information content (AvgIpc) is 2.69. The van der Waals surface area contributed by atoms with Gasteiger partial charge in [-0.05, 0) is 37.1 Å². The molecule has 0 aliphatic carbocycles. The van der Waals surface area contributed by atoms with Crippen LogP contribution in [0.2, 0.25) is 0 Å². The molecule has 2 heterocycles. The van der Waals surface area contributed by atoms with Crippen molar-refractivity contribution in [3.05, 3.63) is 54.4 Å². The zero-order valence-electron chi connectivity index (χ0n) is 15.5. The number of para-hydroxylation sites is 2. The summed E-state index contributed by atoms with van der Waals surface area (Å²) < 4.78 is 24.6. The minimum absolute atomic E-state index is 0.187. The van der Waals surface area contributed by atoms with Crippen LogP contribution in [0.15, 0.2) is 48.7 Å². The summed E-state index contributed by atoms with van der Waals surface area (Å²) in [4.78, 5) is 29.0. The van der Waals surface area contributed by atoms with Crippen LogP contribution in [-0.2, 0) is 14.8 Å². The molecular weight excluding hydrogens is 380 g/mol. The van der Waals surface area contributed by atoms with Gasteiger partial charge in [0.25, 0.3) is 5.91 Å². The highest BCUT2D eigenvalue weighted by molar-refractivity contribution is 7.88. The first kappa shape index (κ1) is 20.0. The van der Waals surface area contributed by atoms with Gasteiger partial charge in [-0.1, -0.05) is 18.2 Å². The summed E-state index contributed by atoms with van der Waals surface area (Å²) >= 11 is 0. The Morgan fingerprint density at radius 1 is 1.00 bits per heavy atom. The molecule has 1 saturated heterocycles. The van der Waals surface area contributed by atoms with Crippen LogP contribution in [0.3, 0.4) is 0 Å². The van der Waals surface area contributed by atoms with Gasteiger partial charge in [-0.3, -0.25) is 14.6 Å². The molecule has 1 fully saturated rings. The molecule has 28 heavy (non-hydrogen) atoms. The lowest BCUT2D eigenvalue weighted by atomic mass is 9.97. The van der Waals surface area contributed by atoms with Gasteiger partial charge in [0.2, 0.25) is 15.9 Å². The summed E-state index contributed by atoms with van der Waals surface area (Å²) in [6.45, 7) is 0.657. The van der Waals surface area contributed by atoms with Gasteiger partial charge in [0.05, 0.1) is 17.6 Å². The summed E-state index contributed by atoms with van der Waals surface area (Å²) in [6.07, 6.45) is 3.63. The first-order valence-electron chi connectivity index (χ1n) is 8.92. The third kappa shape index (κ3) is 4.93. The van der Waals surface area contributed by atoms with Gasteiger partial charge >= 0.3 is 0 Å². The van der Waals surface area contributed by atoms with Gasteiger partial charge in [0, 0.05) is 25.2 Å². The van der Waals surface area contributed by atoms with Gasteiger partial charge in [0.1, 0.15) is 5.69 Å². The first-order chi connectivity index (χ1) is 13.3. The number of carbonyl (C=O) groups excluding carboxylic acids is 2. The van der Waals surface area contributed by atoms with Crippen LogP contribution in [0.1, 0.15) is 23.3 Å². The standard InChI is InChI=1S/C19H22N4O4S/c1-28(26,27)23-12-9-14(10-13-23)18(24)21-15-6-2-3-7-16(15)22-19(25)17-8-4-5-11-20-17/h2-8,11,14H,9-10,12-13H2,1H3,(H,21,24)(H,22,25). The van der Waals surface area contributed by atoms with Crippen LogP contribution < -0.4 is 10.6 Å². The maximum atomic E-state index is 12.6. The summed E-state index contributed by atoms with van der Waals surface area (Å²) in [7, 11) is -3.23. The number of sulfonamides is 1. The molecule has 2 aromatic rings. The Morgan fingerprint density at radius 3 is 2.18 bits per heavy atom. The highest BCUT2D eigenvalue weighted by Crippen LogP contribution is 2.25. The van der Waals surface area contributed by atoms with E-state index in [-0.39, 0.29) is 23.4 Å². The number of amides is 2. The lowest BCUT2D eigenvalue weighted by Crippen LogP contribution is -2.40. The van der Waals surface area contributed by atoms with E-state index in [1.165, 1.54) is 16.8 Å². The molecule has 148 valence electrons. The number of carbonyl (C=O) groups is 2. The maximum absolute atomic E-state index is 12.6. The average molecular weight is 402 g/mol. The van der Waals surface area contributed by atoms with Crippen LogP contribution >= 0.6 is 0 Å². The molecule has 0 unspecified atom stereocenters. The Balaban J connectivity index is 1.65. The van der Waals surface area contributed by atoms with Crippen LogP contribution in [0.5, 0.6) is 0 Å². The molecular formula is C19H22N4O4S. The number of aromatic nitrogens is 1. The minimum Gasteiger partial charge on any atom is -0.324 e. The Bertz CT molecular complexity index is 955. The third-order valence-corrected chi connectivity index (χ3v) is 5.93. The van der Waals surface area contributed by atoms with E-state index in [0.717, 1.165) is 0 Å². The fraction of sp³-hybridized carbons (Fsp3) is 0.316. The molecule has 0 spiro atoms. The van der Waals surface area contributed by atoms with Gasteiger partial charge < -0.3 is 10.6 Å². The predicted octanol–water partition coefficient (Wildman–Crippen LogP) is 1.94. The number of hydrogen-bond acceptors (Lipinski definition) is 5. The molecule has 0 atom stereocenters. The minimum atomic E-state index is -3.23. The van der Waals surface area contributed by atoms with Crippen molar-refractivity contribution in [1.82, 2.24) is 9.29 Å². The van der Waals surface area contributed by atoms with Crippen LogP contribution in [0.4, 0.5) is 11.4 Å². The van der Waals surface area contributed by atoms with Crippen molar-refractivity contribution >= 4 is 33.2 Å². The summed E-state index contributed by atoms with van der Waals surface area (Å²) in [6, 6.07) is 12.0. The fourth-order valence-electron chi connectivity index (χ4n) is 3.07. The van der Waals surface area contributed by atoms with Crippen molar-refractivity contribution < 1.29 is 18.0 Å². The zero-order valence-corrected chi connectivity index (χ0v) is 16.3. The van der Waals surface area contributed by atoms with Gasteiger partial charge in [-0.15, -0.1) is 0 Å². The van der Waals surface area contributed by atoms with E-state index in [0.29, 0.717) is 37.3 Å². The zero-order chi connectivity index (χ0) is 20.1. The van der Waals surface area contributed by atoms with Crippen molar-refractivity contribution in [1.29, 1.82) is 0 Å². The van der Waals surface area contributed by atoms with E-state index in [4.69, 9.17) is 0 Å². The van der Waals surface area contributed by atoms with Crippen molar-refractivity contribution in [2.45, 2.75) is 12.8 Å². The Morgan fingerprint density at radius 2 is 1.61 bits per heavy atom. The topological polar surface area (TPSA) is 108 Å². The van der Waals surface area contributed by atoms with Gasteiger partial charge in [-0.25, -0.2) is 12.7 Å². The second-order valence-corrected chi connectivity index (χ2v) is 8.62. The van der Waals surface area contributed by atoms with Crippen molar-refractivity contribution in [3.63, 3.8) is 0 Å². The quantitative estimate of drug-likeness (QED) is 0.795. The number of benzene rings is 1. The molecule has 2 amide bonds. The van der Waals surface area contributed by atoms with Crippen LogP contribution in [0, 0.1) is 5.92 Å². The fourth-order valence-corrected chi connectivity index (χ4v) is 3.94. The highest BCUT2D eigenvalue weighted by atomic mass is 32.2. The van der Waals surface area contributed by atoms with Gasteiger partial charge in [-0.2, -0.15) is 0 Å². The molecule has 0 radical (unpaired) electrons. The number of anilines is 2. The van der Waals surface area contributed by atoms with E-state index in [2.05, 4.69) is 15.6 Å². The summed E-state index contributed by atoms with van der Waals surface area (Å²) in [5.74, 6) is -0.839. The molecule has 8 nitrogen and oxygen atoms in total. The number of nitrogens with one attached hydrogen (secondary N) is 2. The molecule has 1 aliphatic rings. The largest absolute Gasteiger partial charge is 0.324 e. The number of pyridine rings is 1. The second kappa shape index (κ2) is 8.49. The molecule has 9 heteroatoms. The highest BCUT2D eigenvalue weighted by Gasteiger charge is 2.29. The lowest BCUT2D eigenvalue weighted by molar-refractivity contribution is -0.120. The Labute approximate surface area is 164 Å². The van der Waals surface area contributed by atoms with Crippen LogP contribution in [0.25, 0.3) is 0 Å². The molecule has 1 aromatic heterocycles. The molecule has 2 N–H and O–H groups in total. The van der Waals surface area contributed by atoms with Crippen molar-refractivity contribution in [2.24, 2.45) is 5.92 Å². The maximum Gasteiger partial charge on any atom is 0.274 e. The number of hydrogen-bond donors (Lipinski definition) is 2. The summed E-state index contributed by atoms with van der Waals surface area (Å²) in [5.41, 5.74) is 1.24. The first-order valence-corrected chi connectivity index (χ1v) is 10.8. The number of piperidine rings is 1. The second-order valence-electron chi connectivity index (χ2n) is 6.64. The summed E-state index contributed by atoms with van der Waals surface area (Å²) in [5, 5.41) is 5.61. The predicted molar refractivity (Wildman–Crippen MR) is 106 cm³/mol. The Kier molecular flexibility index (Phi) is 6.05. The smallest absolute Gasteiger partial charge is 0.274 e. The molecule has 1 aromatic carbocycles. The molecule has 3 rings (SSSR count). The van der Waals surface area contributed by atoms with E-state index < -0.39 is 10.0 Å². The van der Waals surface area contributed by atoms with E-state index in [1.54, 1.807) is 42.5 Å². The number of nitrogens with zero attached hydrogens (tertiary/aromatic N) is 2. The monoisotopic (exact) mass is 402 g/mol. The third-order valence-electron chi connectivity index (χ3n) is 4.62. The SMILES string of the molecule is CS(=O)(=O)N1CCC(C(=O)Nc2ccccc2NC(=O)c2ccccn2)CC1. The van der Waals surface area contributed by atoms with Gasteiger partial charge in [0.15, 0.2) is 0 Å². The Hall–Kier alpha value is -2.78. The van der Waals surface area contributed by atoms with Crippen LogP contribution in [-0.4, -0.2) is 48.9 Å². The number of rotatable bonds is 5. The molecule has 1 aliphatic heterocycles. The van der Waals surface area contributed by atoms with E-state index in [1.807, 2.05) is 0 Å².